The number of benzene rings is 1. The molecule has 0 bridgehead atoms. The molecule has 1 aliphatic rings. The van der Waals surface area contributed by atoms with Crippen molar-refractivity contribution in [2.45, 2.75) is 79.6 Å². The van der Waals surface area contributed by atoms with Gasteiger partial charge in [0.1, 0.15) is 5.83 Å². The minimum absolute atomic E-state index is 0.214. The Morgan fingerprint density at radius 1 is 1.18 bits per heavy atom. The number of piperidine rings is 1. The van der Waals surface area contributed by atoms with Gasteiger partial charge in [0.2, 0.25) is 5.91 Å². The molecule has 1 unspecified atom stereocenters. The van der Waals surface area contributed by atoms with Gasteiger partial charge in [-0.3, -0.25) is 4.79 Å². The van der Waals surface area contributed by atoms with Gasteiger partial charge in [0.15, 0.2) is 0 Å². The largest absolute Gasteiger partial charge is 0.342 e. The molecule has 0 saturated carbocycles. The van der Waals surface area contributed by atoms with Gasteiger partial charge < -0.3 is 9.80 Å². The molecule has 0 spiro atoms. The quantitative estimate of drug-likeness (QED) is 0.257. The van der Waals surface area contributed by atoms with E-state index in [1.165, 1.54) is 27.8 Å². The van der Waals surface area contributed by atoms with E-state index in [4.69, 9.17) is 0 Å². The third-order valence-corrected chi connectivity index (χ3v) is 7.63. The maximum atomic E-state index is 14.2. The molecule has 1 aromatic carbocycles. The first-order valence-electron chi connectivity index (χ1n) is 14.5. The third kappa shape index (κ3) is 9.08. The zero-order valence-electron chi connectivity index (χ0n) is 25.2. The third-order valence-electron chi connectivity index (χ3n) is 7.63. The molecule has 1 heterocycles. The zero-order chi connectivity index (χ0) is 28.4. The Balaban J connectivity index is 2.52. The summed E-state index contributed by atoms with van der Waals surface area (Å²) < 4.78 is 14.2. The summed E-state index contributed by atoms with van der Waals surface area (Å²) in [5, 5.41) is 0. The summed E-state index contributed by atoms with van der Waals surface area (Å²) in [4.78, 5) is 16.5. The van der Waals surface area contributed by atoms with Crippen molar-refractivity contribution in [3.05, 3.63) is 76.7 Å². The van der Waals surface area contributed by atoms with E-state index < -0.39 is 5.83 Å². The minimum Gasteiger partial charge on any atom is -0.342 e. The fraction of sp³-hybridized carbons (Fsp3) is 0.559. The fourth-order valence-corrected chi connectivity index (χ4v) is 5.33. The van der Waals surface area contributed by atoms with Crippen LogP contribution in [0.5, 0.6) is 0 Å². The second-order valence-corrected chi connectivity index (χ2v) is 11.6. The van der Waals surface area contributed by atoms with Crippen LogP contribution in [0.25, 0.3) is 5.57 Å². The van der Waals surface area contributed by atoms with Crippen LogP contribution in [0.4, 0.5) is 4.39 Å². The van der Waals surface area contributed by atoms with Crippen LogP contribution in [0.3, 0.4) is 0 Å². The molecule has 1 fully saturated rings. The number of aryl methyl sites for hydroxylation is 1. The van der Waals surface area contributed by atoms with Crippen molar-refractivity contribution < 1.29 is 9.18 Å². The first-order valence-corrected chi connectivity index (χ1v) is 14.5. The van der Waals surface area contributed by atoms with Crippen molar-refractivity contribution in [1.82, 2.24) is 9.80 Å². The highest BCUT2D eigenvalue weighted by Gasteiger charge is 2.25. The summed E-state index contributed by atoms with van der Waals surface area (Å²) >= 11 is 0. The van der Waals surface area contributed by atoms with Gasteiger partial charge in [-0.25, -0.2) is 4.39 Å². The Bertz CT molecular complexity index is 1040. The number of carbonyl (C=O) groups is 1. The molecule has 1 amide bonds. The summed E-state index contributed by atoms with van der Waals surface area (Å²) in [6, 6.07) is 6.89. The van der Waals surface area contributed by atoms with Gasteiger partial charge in [-0.1, -0.05) is 84.4 Å². The number of rotatable bonds is 12. The molecule has 0 aromatic heterocycles. The van der Waals surface area contributed by atoms with Crippen molar-refractivity contribution >= 4 is 11.5 Å². The molecular formula is C34H51FN2O. The lowest BCUT2D eigenvalue weighted by Crippen LogP contribution is -2.42. The van der Waals surface area contributed by atoms with E-state index in [9.17, 15) is 9.18 Å². The standard InChI is InChI=1S/C34H51FN2O/c1-10-12-31(30(21-27(7)35)15-13-25(5)11-2)34(24(3)4)32-22-29(16-14-26(32)6)28-17-19-37(20-18-28)33(38)23-36(8)9/h13-16,21-22,24-25,28H,7,10-12,17-20,23H2,1-6,8-9H3/b15-13-,30-21+,34-31+. The highest BCUT2D eigenvalue weighted by atomic mass is 19.1. The Morgan fingerprint density at radius 2 is 1.84 bits per heavy atom. The molecule has 4 heteroatoms. The summed E-state index contributed by atoms with van der Waals surface area (Å²) in [6.45, 7) is 18.9. The zero-order valence-corrected chi connectivity index (χ0v) is 25.2. The van der Waals surface area contributed by atoms with Gasteiger partial charge in [-0.2, -0.15) is 0 Å². The normalized spacial score (nSPS) is 16.9. The molecular weight excluding hydrogens is 471 g/mol. The highest BCUT2D eigenvalue weighted by molar-refractivity contribution is 5.78. The van der Waals surface area contributed by atoms with E-state index in [-0.39, 0.29) is 11.8 Å². The van der Waals surface area contributed by atoms with E-state index in [1.807, 2.05) is 23.9 Å². The first kappa shape index (κ1) is 31.8. The number of carbonyl (C=O) groups excluding carboxylic acids is 1. The Labute approximate surface area is 232 Å². The molecule has 0 aliphatic carbocycles. The van der Waals surface area contributed by atoms with Crippen molar-refractivity contribution in [2.24, 2.45) is 11.8 Å². The average Bonchev–Trinajstić information content (AvgIpc) is 2.86. The van der Waals surface area contributed by atoms with Gasteiger partial charge in [0, 0.05) is 13.1 Å². The molecule has 1 aliphatic heterocycles. The summed E-state index contributed by atoms with van der Waals surface area (Å²) in [5.41, 5.74) is 7.29. The molecule has 1 atom stereocenters. The van der Waals surface area contributed by atoms with Crippen LogP contribution in [0, 0.1) is 18.8 Å². The molecule has 0 radical (unpaired) electrons. The SMILES string of the molecule is C=C(F)/C=C(\C=C/C(C)CC)C(/CCC)=C(/c1cc(C2CCN(C(=O)CN(C)C)CC2)ccc1C)C(C)C. The van der Waals surface area contributed by atoms with E-state index in [0.717, 1.165) is 50.8 Å². The lowest BCUT2D eigenvalue weighted by atomic mass is 9.80. The first-order chi connectivity index (χ1) is 18.0. The van der Waals surface area contributed by atoms with Crippen LogP contribution in [0.15, 0.2) is 60.0 Å². The van der Waals surface area contributed by atoms with Gasteiger partial charge in [0.25, 0.3) is 0 Å². The van der Waals surface area contributed by atoms with Crippen LogP contribution in [-0.2, 0) is 4.79 Å². The van der Waals surface area contributed by atoms with Crippen LogP contribution >= 0.6 is 0 Å². The summed E-state index contributed by atoms with van der Waals surface area (Å²) in [6.07, 6.45) is 10.8. The second kappa shape index (κ2) is 15.2. The van der Waals surface area contributed by atoms with Gasteiger partial charge in [-0.05, 0) is 97.5 Å². The molecule has 210 valence electrons. The van der Waals surface area contributed by atoms with Gasteiger partial charge >= 0.3 is 0 Å². The maximum Gasteiger partial charge on any atom is 0.236 e. The highest BCUT2D eigenvalue weighted by Crippen LogP contribution is 2.38. The number of nitrogens with zero attached hydrogens (tertiary/aromatic N) is 2. The number of likely N-dealkylation sites (tertiary alicyclic amines) is 1. The second-order valence-electron chi connectivity index (χ2n) is 11.6. The van der Waals surface area contributed by atoms with Crippen molar-refractivity contribution in [1.29, 1.82) is 0 Å². The monoisotopic (exact) mass is 522 g/mol. The fourth-order valence-electron chi connectivity index (χ4n) is 5.33. The molecule has 3 nitrogen and oxygen atoms in total. The Kier molecular flexibility index (Phi) is 12.7. The van der Waals surface area contributed by atoms with Gasteiger partial charge in [0.05, 0.1) is 6.54 Å². The van der Waals surface area contributed by atoms with Gasteiger partial charge in [-0.15, -0.1) is 0 Å². The number of hydrogen-bond donors (Lipinski definition) is 0. The number of halogens is 1. The number of hydrogen-bond acceptors (Lipinski definition) is 2. The van der Waals surface area contributed by atoms with E-state index >= 15 is 0 Å². The van der Waals surface area contributed by atoms with E-state index in [0.29, 0.717) is 18.4 Å². The van der Waals surface area contributed by atoms with Crippen molar-refractivity contribution in [3.8, 4) is 0 Å². The molecule has 1 aromatic rings. The van der Waals surface area contributed by atoms with Crippen molar-refractivity contribution in [2.75, 3.05) is 33.7 Å². The van der Waals surface area contributed by atoms with Crippen LogP contribution < -0.4 is 0 Å². The minimum atomic E-state index is -0.411. The number of amides is 1. The maximum absolute atomic E-state index is 14.2. The van der Waals surface area contributed by atoms with Crippen LogP contribution in [0.2, 0.25) is 0 Å². The lowest BCUT2D eigenvalue weighted by molar-refractivity contribution is -0.132. The Hall–Kier alpha value is -2.46. The van der Waals surface area contributed by atoms with E-state index in [2.05, 4.69) is 78.5 Å². The number of allylic oxidation sites excluding steroid dienone is 7. The average molecular weight is 523 g/mol. The number of likely N-dealkylation sites (N-methyl/N-ethyl adjacent to an activating group) is 1. The van der Waals surface area contributed by atoms with Crippen molar-refractivity contribution in [3.63, 3.8) is 0 Å². The van der Waals surface area contributed by atoms with E-state index in [1.54, 1.807) is 6.08 Å². The Morgan fingerprint density at radius 3 is 2.37 bits per heavy atom. The smallest absolute Gasteiger partial charge is 0.236 e. The predicted octanol–water partition coefficient (Wildman–Crippen LogP) is 8.48. The molecule has 2 rings (SSSR count). The van der Waals surface area contributed by atoms with Crippen LogP contribution in [0.1, 0.15) is 89.3 Å². The molecule has 0 N–H and O–H groups in total. The lowest BCUT2D eigenvalue weighted by Gasteiger charge is -2.33. The molecule has 1 saturated heterocycles. The summed E-state index contributed by atoms with van der Waals surface area (Å²) in [5.74, 6) is 0.950. The molecule has 38 heavy (non-hydrogen) atoms. The topological polar surface area (TPSA) is 23.6 Å². The summed E-state index contributed by atoms with van der Waals surface area (Å²) in [7, 11) is 3.88. The predicted molar refractivity (Wildman–Crippen MR) is 162 cm³/mol. The van der Waals surface area contributed by atoms with Crippen LogP contribution in [-0.4, -0.2) is 49.4 Å².